The number of nitrogens with zero attached hydrogens (tertiary/aromatic N) is 2. The largest absolute Gasteiger partial charge is 0.261 e. The van der Waals surface area contributed by atoms with Gasteiger partial charge in [-0.1, -0.05) is 66.2 Å². The molecule has 4 rings (SSSR count). The quantitative estimate of drug-likeness (QED) is 0.452. The summed E-state index contributed by atoms with van der Waals surface area (Å²) >= 11 is 0. The first-order valence-corrected chi connectivity index (χ1v) is 8.76. The van der Waals surface area contributed by atoms with Crippen molar-refractivity contribution in [3.05, 3.63) is 96.4 Å². The summed E-state index contributed by atoms with van der Waals surface area (Å²) in [6.07, 6.45) is 3.86. The van der Waals surface area contributed by atoms with E-state index in [-0.39, 0.29) is 0 Å². The van der Waals surface area contributed by atoms with E-state index in [1.807, 2.05) is 25.4 Å². The van der Waals surface area contributed by atoms with Crippen molar-refractivity contribution in [1.29, 1.82) is 0 Å². The minimum atomic E-state index is 0.996. The fraction of sp³-hybridized carbons (Fsp3) is 0.0833. The van der Waals surface area contributed by atoms with Crippen LogP contribution in [0.1, 0.15) is 11.3 Å². The summed E-state index contributed by atoms with van der Waals surface area (Å²) in [5, 5.41) is 0. The second-order valence-corrected chi connectivity index (χ2v) is 6.56. The lowest BCUT2D eigenvalue weighted by molar-refractivity contribution is 1.20. The third kappa shape index (κ3) is 3.40. The molecule has 2 aromatic heterocycles. The average molecular weight is 336 g/mol. The highest BCUT2D eigenvalue weighted by Gasteiger charge is 2.03. The van der Waals surface area contributed by atoms with E-state index in [1.54, 1.807) is 0 Å². The smallest absolute Gasteiger partial charge is 0.0702 e. The molecule has 0 bridgehead atoms. The highest BCUT2D eigenvalue weighted by atomic mass is 14.7. The number of aryl methyl sites for hydroxylation is 2. The fourth-order valence-corrected chi connectivity index (χ4v) is 2.95. The third-order valence-corrected chi connectivity index (χ3v) is 4.57. The lowest BCUT2D eigenvalue weighted by Gasteiger charge is -2.06. The fourth-order valence-electron chi connectivity index (χ4n) is 2.95. The van der Waals surface area contributed by atoms with Crippen LogP contribution in [0.5, 0.6) is 0 Å². The van der Waals surface area contributed by atoms with Gasteiger partial charge < -0.3 is 0 Å². The van der Waals surface area contributed by atoms with Crippen molar-refractivity contribution < 1.29 is 0 Å². The number of rotatable bonds is 3. The number of aromatic nitrogens is 2. The summed E-state index contributed by atoms with van der Waals surface area (Å²) in [5.74, 6) is 0. The summed E-state index contributed by atoms with van der Waals surface area (Å²) in [5.41, 5.74) is 9.02. The normalized spacial score (nSPS) is 10.7. The van der Waals surface area contributed by atoms with Crippen LogP contribution in [0.25, 0.3) is 33.5 Å². The van der Waals surface area contributed by atoms with Crippen LogP contribution in [0, 0.1) is 13.8 Å². The van der Waals surface area contributed by atoms with Crippen LogP contribution >= 0.6 is 0 Å². The lowest BCUT2D eigenvalue weighted by Crippen LogP contribution is -1.86. The molecule has 4 aromatic rings. The van der Waals surface area contributed by atoms with Gasteiger partial charge in [0.1, 0.15) is 0 Å². The first-order valence-electron chi connectivity index (χ1n) is 8.76. The van der Waals surface area contributed by atoms with Gasteiger partial charge in [0.15, 0.2) is 0 Å². The first-order chi connectivity index (χ1) is 12.7. The van der Waals surface area contributed by atoms with Crippen LogP contribution in [0.4, 0.5) is 0 Å². The summed E-state index contributed by atoms with van der Waals surface area (Å²) < 4.78 is 0. The van der Waals surface area contributed by atoms with Gasteiger partial charge >= 0.3 is 0 Å². The van der Waals surface area contributed by atoms with Crippen LogP contribution in [0.15, 0.2) is 85.2 Å². The number of hydrogen-bond donors (Lipinski definition) is 0. The highest BCUT2D eigenvalue weighted by Crippen LogP contribution is 2.26. The van der Waals surface area contributed by atoms with E-state index >= 15 is 0 Å². The molecule has 0 aliphatic heterocycles. The molecular weight excluding hydrogens is 316 g/mol. The third-order valence-electron chi connectivity index (χ3n) is 4.57. The average Bonchev–Trinajstić information content (AvgIpc) is 2.70. The Bertz CT molecular complexity index is 911. The molecule has 0 aliphatic carbocycles. The highest BCUT2D eigenvalue weighted by molar-refractivity contribution is 5.71. The topological polar surface area (TPSA) is 25.8 Å². The number of pyridine rings is 2. The van der Waals surface area contributed by atoms with E-state index < -0.39 is 0 Å². The molecule has 0 fully saturated rings. The SMILES string of the molecule is Cc1ccc(-c2ccc(-c3ccc(-c4ccc(C)nc4)cc3)cn2)cc1. The molecule has 2 nitrogen and oxygen atoms in total. The molecule has 0 aliphatic rings. The van der Waals surface area contributed by atoms with Gasteiger partial charge in [-0.05, 0) is 37.1 Å². The maximum atomic E-state index is 4.64. The van der Waals surface area contributed by atoms with Gasteiger partial charge in [-0.25, -0.2) is 0 Å². The van der Waals surface area contributed by atoms with Crippen molar-refractivity contribution >= 4 is 0 Å². The maximum absolute atomic E-state index is 4.64. The van der Waals surface area contributed by atoms with Crippen molar-refractivity contribution in [3.8, 4) is 33.5 Å². The second kappa shape index (κ2) is 6.93. The Hall–Kier alpha value is -3.26. The van der Waals surface area contributed by atoms with E-state index in [0.29, 0.717) is 0 Å². The number of benzene rings is 2. The van der Waals surface area contributed by atoms with Crippen molar-refractivity contribution in [1.82, 2.24) is 9.97 Å². The van der Waals surface area contributed by atoms with E-state index in [0.717, 1.165) is 33.6 Å². The molecular formula is C24H20N2. The Kier molecular flexibility index (Phi) is 4.32. The van der Waals surface area contributed by atoms with Gasteiger partial charge in [0.2, 0.25) is 0 Å². The molecule has 0 saturated heterocycles. The minimum absolute atomic E-state index is 0.996. The number of hydrogen-bond acceptors (Lipinski definition) is 2. The predicted octanol–water partition coefficient (Wildman–Crippen LogP) is 6.09. The van der Waals surface area contributed by atoms with Gasteiger partial charge in [-0.15, -0.1) is 0 Å². The lowest BCUT2D eigenvalue weighted by atomic mass is 10.0. The zero-order valence-electron chi connectivity index (χ0n) is 15.0. The zero-order chi connectivity index (χ0) is 17.9. The van der Waals surface area contributed by atoms with Crippen LogP contribution in [-0.4, -0.2) is 9.97 Å². The molecule has 26 heavy (non-hydrogen) atoms. The van der Waals surface area contributed by atoms with Crippen LogP contribution in [0.2, 0.25) is 0 Å². The molecule has 2 heteroatoms. The molecule has 0 N–H and O–H groups in total. The predicted molar refractivity (Wildman–Crippen MR) is 108 cm³/mol. The summed E-state index contributed by atoms with van der Waals surface area (Å²) in [4.78, 5) is 9.01. The minimum Gasteiger partial charge on any atom is -0.261 e. The van der Waals surface area contributed by atoms with Gasteiger partial charge in [0.05, 0.1) is 5.69 Å². The monoisotopic (exact) mass is 336 g/mol. The van der Waals surface area contributed by atoms with Crippen LogP contribution in [0.3, 0.4) is 0 Å². The Morgan fingerprint density at radius 2 is 0.962 bits per heavy atom. The van der Waals surface area contributed by atoms with Crippen LogP contribution in [-0.2, 0) is 0 Å². The molecule has 2 heterocycles. The van der Waals surface area contributed by atoms with Crippen LogP contribution < -0.4 is 0 Å². The van der Waals surface area contributed by atoms with Gasteiger partial charge in [-0.3, -0.25) is 9.97 Å². The van der Waals surface area contributed by atoms with E-state index in [2.05, 4.69) is 83.6 Å². The molecule has 0 atom stereocenters. The van der Waals surface area contributed by atoms with Crippen molar-refractivity contribution in [2.24, 2.45) is 0 Å². The van der Waals surface area contributed by atoms with Gasteiger partial charge in [0, 0.05) is 34.8 Å². The van der Waals surface area contributed by atoms with Crippen molar-refractivity contribution in [3.63, 3.8) is 0 Å². The standard InChI is InChI=1S/C24H20N2/c1-17-3-6-21(7-4-17)24-14-13-23(16-26-24)20-11-9-19(10-12-20)22-8-5-18(2)25-15-22/h3-16H,1-2H3. The van der Waals surface area contributed by atoms with Gasteiger partial charge in [-0.2, -0.15) is 0 Å². The molecule has 0 spiro atoms. The van der Waals surface area contributed by atoms with E-state index in [9.17, 15) is 0 Å². The van der Waals surface area contributed by atoms with E-state index in [4.69, 9.17) is 0 Å². The molecule has 126 valence electrons. The Morgan fingerprint density at radius 3 is 1.46 bits per heavy atom. The maximum Gasteiger partial charge on any atom is 0.0702 e. The molecule has 0 radical (unpaired) electrons. The molecule has 0 amide bonds. The summed E-state index contributed by atoms with van der Waals surface area (Å²) in [6.45, 7) is 4.09. The Balaban J connectivity index is 1.57. The Labute approximate surface area is 154 Å². The Morgan fingerprint density at radius 1 is 0.462 bits per heavy atom. The summed E-state index contributed by atoms with van der Waals surface area (Å²) in [7, 11) is 0. The second-order valence-electron chi connectivity index (χ2n) is 6.56. The van der Waals surface area contributed by atoms with Crippen molar-refractivity contribution in [2.45, 2.75) is 13.8 Å². The zero-order valence-corrected chi connectivity index (χ0v) is 15.0. The molecule has 0 saturated carbocycles. The summed E-state index contributed by atoms with van der Waals surface area (Å²) in [6, 6.07) is 25.4. The van der Waals surface area contributed by atoms with Crippen molar-refractivity contribution in [2.75, 3.05) is 0 Å². The van der Waals surface area contributed by atoms with Gasteiger partial charge in [0.25, 0.3) is 0 Å². The molecule has 2 aromatic carbocycles. The first kappa shape index (κ1) is 16.2. The van der Waals surface area contributed by atoms with E-state index in [1.165, 1.54) is 11.1 Å². The molecule has 0 unspecified atom stereocenters.